The van der Waals surface area contributed by atoms with E-state index in [-0.39, 0.29) is 21.1 Å². The summed E-state index contributed by atoms with van der Waals surface area (Å²) < 4.78 is 0. The lowest BCUT2D eigenvalue weighted by molar-refractivity contribution is 0.102. The van der Waals surface area contributed by atoms with Crippen molar-refractivity contribution in [2.45, 2.75) is 6.92 Å². The number of pyridine rings is 1. The van der Waals surface area contributed by atoms with Crippen LogP contribution in [0.1, 0.15) is 16.1 Å². The highest BCUT2D eigenvalue weighted by atomic mass is 35.5. The average Bonchev–Trinajstić information content (AvgIpc) is 2.33. The Morgan fingerprint density at radius 3 is 2.63 bits per heavy atom. The van der Waals surface area contributed by atoms with E-state index in [1.165, 1.54) is 12.4 Å². The summed E-state index contributed by atoms with van der Waals surface area (Å²) in [6, 6.07) is 3.04. The van der Waals surface area contributed by atoms with Crippen LogP contribution in [0.3, 0.4) is 0 Å². The van der Waals surface area contributed by atoms with Crippen molar-refractivity contribution in [2.75, 3.05) is 5.32 Å². The van der Waals surface area contributed by atoms with E-state index >= 15 is 0 Å². The molecule has 0 aliphatic heterocycles. The number of nitrogens with zero attached hydrogens (tertiary/aromatic N) is 3. The van der Waals surface area contributed by atoms with Crippen molar-refractivity contribution in [3.8, 4) is 0 Å². The predicted octanol–water partition coefficient (Wildman–Crippen LogP) is 3.39. The lowest BCUT2D eigenvalue weighted by Gasteiger charge is -2.07. The summed E-state index contributed by atoms with van der Waals surface area (Å²) >= 11 is 17.4. The molecule has 0 atom stereocenters. The highest BCUT2D eigenvalue weighted by Gasteiger charge is 2.13. The van der Waals surface area contributed by atoms with Gasteiger partial charge >= 0.3 is 0 Å². The first-order chi connectivity index (χ1) is 8.97. The minimum absolute atomic E-state index is 0.0657. The molecule has 0 saturated carbocycles. The van der Waals surface area contributed by atoms with Crippen LogP contribution in [0.4, 0.5) is 5.82 Å². The molecule has 0 aliphatic carbocycles. The van der Waals surface area contributed by atoms with Crippen molar-refractivity contribution in [1.82, 2.24) is 15.0 Å². The Labute approximate surface area is 123 Å². The number of amides is 1. The molecule has 98 valence electrons. The highest BCUT2D eigenvalue weighted by molar-refractivity contribution is 6.43. The molecule has 2 heterocycles. The van der Waals surface area contributed by atoms with E-state index < -0.39 is 5.91 Å². The number of anilines is 1. The number of aromatic nitrogens is 3. The van der Waals surface area contributed by atoms with E-state index in [9.17, 15) is 4.79 Å². The number of hydrogen-bond donors (Lipinski definition) is 1. The van der Waals surface area contributed by atoms with Gasteiger partial charge in [0.2, 0.25) is 0 Å². The van der Waals surface area contributed by atoms with Crippen molar-refractivity contribution < 1.29 is 4.79 Å². The number of rotatable bonds is 2. The SMILES string of the molecule is Cc1cc(C(=O)Nc2ncnc(Cl)c2Cl)cc(Cl)n1. The fourth-order valence-electron chi connectivity index (χ4n) is 1.37. The predicted molar refractivity (Wildman–Crippen MR) is 74.0 cm³/mol. The maximum atomic E-state index is 12.0. The van der Waals surface area contributed by atoms with Gasteiger partial charge in [-0.05, 0) is 19.1 Å². The quantitative estimate of drug-likeness (QED) is 0.681. The molecule has 19 heavy (non-hydrogen) atoms. The molecule has 2 aromatic rings. The van der Waals surface area contributed by atoms with E-state index in [1.54, 1.807) is 13.0 Å². The Balaban J connectivity index is 2.28. The fraction of sp³-hybridized carbons (Fsp3) is 0.0909. The molecule has 0 fully saturated rings. The van der Waals surface area contributed by atoms with Gasteiger partial charge in [-0.1, -0.05) is 34.8 Å². The lowest BCUT2D eigenvalue weighted by Crippen LogP contribution is -2.14. The molecule has 2 rings (SSSR count). The molecular formula is C11H7Cl3N4O. The molecule has 0 unspecified atom stereocenters. The monoisotopic (exact) mass is 316 g/mol. The van der Waals surface area contributed by atoms with Crippen molar-refractivity contribution in [1.29, 1.82) is 0 Å². The van der Waals surface area contributed by atoms with Gasteiger partial charge in [0.1, 0.15) is 16.5 Å². The van der Waals surface area contributed by atoms with Gasteiger partial charge in [-0.15, -0.1) is 0 Å². The molecule has 2 aromatic heterocycles. The normalized spacial score (nSPS) is 10.3. The zero-order valence-electron chi connectivity index (χ0n) is 9.62. The van der Waals surface area contributed by atoms with Crippen LogP contribution in [-0.2, 0) is 0 Å². The zero-order valence-corrected chi connectivity index (χ0v) is 11.9. The number of nitrogens with one attached hydrogen (secondary N) is 1. The van der Waals surface area contributed by atoms with E-state index in [4.69, 9.17) is 34.8 Å². The van der Waals surface area contributed by atoms with Gasteiger partial charge < -0.3 is 5.32 Å². The van der Waals surface area contributed by atoms with Crippen LogP contribution < -0.4 is 5.32 Å². The van der Waals surface area contributed by atoms with Gasteiger partial charge in [0, 0.05) is 11.3 Å². The van der Waals surface area contributed by atoms with Gasteiger partial charge in [-0.3, -0.25) is 4.79 Å². The van der Waals surface area contributed by atoms with Crippen molar-refractivity contribution in [3.63, 3.8) is 0 Å². The fourth-order valence-corrected chi connectivity index (χ4v) is 1.90. The summed E-state index contributed by atoms with van der Waals surface area (Å²) in [6.45, 7) is 1.73. The number of aryl methyl sites for hydroxylation is 1. The first-order valence-corrected chi connectivity index (χ1v) is 6.22. The Kier molecular flexibility index (Phi) is 4.19. The van der Waals surface area contributed by atoms with Crippen LogP contribution >= 0.6 is 34.8 Å². The third kappa shape index (κ3) is 3.32. The van der Waals surface area contributed by atoms with Crippen molar-refractivity contribution >= 4 is 46.5 Å². The second-order valence-electron chi connectivity index (χ2n) is 3.60. The minimum atomic E-state index is -0.413. The number of hydrogen-bond acceptors (Lipinski definition) is 4. The maximum Gasteiger partial charge on any atom is 0.257 e. The molecule has 1 N–H and O–H groups in total. The summed E-state index contributed by atoms with van der Waals surface area (Å²) in [5.74, 6) is -0.277. The van der Waals surface area contributed by atoms with Gasteiger partial charge in [-0.25, -0.2) is 15.0 Å². The second-order valence-corrected chi connectivity index (χ2v) is 4.72. The maximum absolute atomic E-state index is 12.0. The standard InChI is InChI=1S/C11H7Cl3N4O/c1-5-2-6(3-7(12)17-5)11(19)18-10-8(13)9(14)15-4-16-10/h2-4H,1H3,(H,15,16,18,19). The molecule has 8 heteroatoms. The molecule has 0 spiro atoms. The summed E-state index contributed by atoms with van der Waals surface area (Å²) in [5, 5.41) is 2.91. The van der Waals surface area contributed by atoms with Gasteiger partial charge in [0.05, 0.1) is 0 Å². The Morgan fingerprint density at radius 1 is 1.21 bits per heavy atom. The van der Waals surface area contributed by atoms with Crippen LogP contribution in [0.2, 0.25) is 15.3 Å². The van der Waals surface area contributed by atoms with Crippen LogP contribution in [0, 0.1) is 6.92 Å². The van der Waals surface area contributed by atoms with Crippen molar-refractivity contribution in [2.24, 2.45) is 0 Å². The summed E-state index contributed by atoms with van der Waals surface area (Å²) in [7, 11) is 0. The van der Waals surface area contributed by atoms with Crippen LogP contribution in [0.15, 0.2) is 18.5 Å². The average molecular weight is 318 g/mol. The first-order valence-electron chi connectivity index (χ1n) is 5.09. The Hall–Kier alpha value is -1.43. The topological polar surface area (TPSA) is 67.8 Å². The number of carbonyl (C=O) groups excluding carboxylic acids is 1. The van der Waals surface area contributed by atoms with Crippen LogP contribution in [0.5, 0.6) is 0 Å². The minimum Gasteiger partial charge on any atom is -0.305 e. The molecule has 0 radical (unpaired) electrons. The van der Waals surface area contributed by atoms with Crippen LogP contribution in [-0.4, -0.2) is 20.9 Å². The van der Waals surface area contributed by atoms with E-state index in [0.29, 0.717) is 11.3 Å². The summed E-state index contributed by atoms with van der Waals surface area (Å²) in [6.07, 6.45) is 1.20. The second kappa shape index (κ2) is 5.69. The van der Waals surface area contributed by atoms with Crippen LogP contribution in [0.25, 0.3) is 0 Å². The lowest BCUT2D eigenvalue weighted by atomic mass is 10.2. The molecular weight excluding hydrogens is 311 g/mol. The summed E-state index contributed by atoms with van der Waals surface area (Å²) in [5.41, 5.74) is 0.979. The largest absolute Gasteiger partial charge is 0.305 e. The third-order valence-electron chi connectivity index (χ3n) is 2.16. The molecule has 1 amide bonds. The summed E-state index contributed by atoms with van der Waals surface area (Å²) in [4.78, 5) is 23.5. The molecule has 0 bridgehead atoms. The molecule has 0 aliphatic rings. The highest BCUT2D eigenvalue weighted by Crippen LogP contribution is 2.25. The zero-order chi connectivity index (χ0) is 14.0. The van der Waals surface area contributed by atoms with Crippen molar-refractivity contribution in [3.05, 3.63) is 45.0 Å². The Morgan fingerprint density at radius 2 is 1.95 bits per heavy atom. The van der Waals surface area contributed by atoms with Gasteiger partial charge in [0.25, 0.3) is 5.91 Å². The Bertz CT molecular complexity index is 628. The number of carbonyl (C=O) groups is 1. The molecule has 5 nitrogen and oxygen atoms in total. The van der Waals surface area contributed by atoms with E-state index in [1.807, 2.05) is 0 Å². The van der Waals surface area contributed by atoms with E-state index in [2.05, 4.69) is 20.3 Å². The first kappa shape index (κ1) is 14.0. The third-order valence-corrected chi connectivity index (χ3v) is 3.10. The molecule has 0 aromatic carbocycles. The van der Waals surface area contributed by atoms with Gasteiger partial charge in [-0.2, -0.15) is 0 Å². The smallest absolute Gasteiger partial charge is 0.257 e. The molecule has 0 saturated heterocycles. The van der Waals surface area contributed by atoms with Gasteiger partial charge in [0.15, 0.2) is 11.0 Å². The number of halogens is 3. The van der Waals surface area contributed by atoms with E-state index in [0.717, 1.165) is 0 Å².